The van der Waals surface area contributed by atoms with Crippen molar-refractivity contribution in [1.29, 1.82) is 0 Å². The lowest BCUT2D eigenvalue weighted by atomic mass is 10.2. The van der Waals surface area contributed by atoms with Gasteiger partial charge in [-0.15, -0.1) is 0 Å². The van der Waals surface area contributed by atoms with E-state index in [1.807, 2.05) is 6.92 Å². The molecule has 1 amide bonds. The Morgan fingerprint density at radius 3 is 3.00 bits per heavy atom. The van der Waals surface area contributed by atoms with Crippen LogP contribution in [0.15, 0.2) is 24.4 Å². The summed E-state index contributed by atoms with van der Waals surface area (Å²) in [6, 6.07) is 5.14. The second-order valence-corrected chi connectivity index (χ2v) is 4.34. The molecule has 2 rings (SSSR count). The molecular weight excluding hydrogens is 268 g/mol. The average Bonchev–Trinajstić information content (AvgIpc) is 2.87. The minimum absolute atomic E-state index is 0.228. The van der Waals surface area contributed by atoms with Crippen molar-refractivity contribution in [2.45, 2.75) is 13.3 Å². The number of aryl methyl sites for hydroxylation is 2. The summed E-state index contributed by atoms with van der Waals surface area (Å²) in [6.07, 6.45) is 2.36. The fraction of sp³-hybridized carbons (Fsp3) is 0.267. The molecule has 2 heterocycles. The third kappa shape index (κ3) is 3.68. The molecule has 0 aliphatic carbocycles. The molecule has 0 spiro atoms. The maximum absolute atomic E-state index is 12.3. The largest absolute Gasteiger partial charge is 0.384 e. The third-order valence-corrected chi connectivity index (χ3v) is 2.77. The highest BCUT2D eigenvalue weighted by molar-refractivity contribution is 6.04. The molecule has 21 heavy (non-hydrogen) atoms. The van der Waals surface area contributed by atoms with E-state index in [9.17, 15) is 4.79 Å². The molecule has 0 aromatic carbocycles. The van der Waals surface area contributed by atoms with E-state index < -0.39 is 0 Å². The number of rotatable bonds is 3. The first-order valence-corrected chi connectivity index (χ1v) is 6.54. The number of anilines is 1. The first-order valence-electron chi connectivity index (χ1n) is 6.54. The van der Waals surface area contributed by atoms with E-state index in [0.717, 1.165) is 5.69 Å². The lowest BCUT2D eigenvalue weighted by Gasteiger charge is -2.04. The van der Waals surface area contributed by atoms with Crippen LogP contribution in [0, 0.1) is 11.8 Å². The number of amides is 1. The molecule has 0 saturated heterocycles. The van der Waals surface area contributed by atoms with Gasteiger partial charge in [-0.05, 0) is 24.5 Å². The zero-order chi connectivity index (χ0) is 15.2. The van der Waals surface area contributed by atoms with Crippen molar-refractivity contribution in [3.8, 4) is 11.8 Å². The van der Waals surface area contributed by atoms with E-state index in [0.29, 0.717) is 23.5 Å². The van der Waals surface area contributed by atoms with E-state index in [-0.39, 0.29) is 12.5 Å². The molecule has 0 atom stereocenters. The highest BCUT2D eigenvalue weighted by atomic mass is 16.2. The van der Waals surface area contributed by atoms with E-state index in [1.54, 1.807) is 36.1 Å². The molecule has 6 heteroatoms. The average molecular weight is 284 g/mol. The van der Waals surface area contributed by atoms with Gasteiger partial charge < -0.3 is 10.4 Å². The number of nitrogens with one attached hydrogen (secondary N) is 1. The molecule has 0 aliphatic rings. The number of hydrogen-bond donors (Lipinski definition) is 2. The minimum Gasteiger partial charge on any atom is -0.384 e. The Bertz CT molecular complexity index is 710. The molecule has 2 aromatic heterocycles. The number of aliphatic hydroxyl groups excluding tert-OH is 1. The summed E-state index contributed by atoms with van der Waals surface area (Å²) in [7, 11) is 1.78. The van der Waals surface area contributed by atoms with Crippen LogP contribution in [0.3, 0.4) is 0 Å². The molecule has 6 nitrogen and oxygen atoms in total. The topological polar surface area (TPSA) is 80.0 Å². The summed E-state index contributed by atoms with van der Waals surface area (Å²) in [5.74, 6) is 5.37. The van der Waals surface area contributed by atoms with Gasteiger partial charge in [-0.3, -0.25) is 9.48 Å². The van der Waals surface area contributed by atoms with Gasteiger partial charge in [0.2, 0.25) is 0 Å². The molecule has 108 valence electrons. The van der Waals surface area contributed by atoms with Gasteiger partial charge in [0.15, 0.2) is 0 Å². The fourth-order valence-corrected chi connectivity index (χ4v) is 1.87. The predicted octanol–water partition coefficient (Wildman–Crippen LogP) is 0.974. The van der Waals surface area contributed by atoms with Gasteiger partial charge in [0.05, 0.1) is 11.3 Å². The zero-order valence-corrected chi connectivity index (χ0v) is 11.9. The normalized spacial score (nSPS) is 9.86. The number of nitrogens with zero attached hydrogens (tertiary/aromatic N) is 3. The first-order chi connectivity index (χ1) is 10.1. The Kier molecular flexibility index (Phi) is 4.69. The number of carbonyl (C=O) groups excluding carboxylic acids is 1. The molecular formula is C15H16N4O2. The summed E-state index contributed by atoms with van der Waals surface area (Å²) >= 11 is 0. The maximum Gasteiger partial charge on any atom is 0.260 e. The van der Waals surface area contributed by atoms with Crippen molar-refractivity contribution in [1.82, 2.24) is 14.8 Å². The van der Waals surface area contributed by atoms with Crippen molar-refractivity contribution in [3.05, 3.63) is 41.3 Å². The highest BCUT2D eigenvalue weighted by Gasteiger charge is 2.14. The van der Waals surface area contributed by atoms with Crippen LogP contribution in [-0.4, -0.2) is 32.4 Å². The smallest absolute Gasteiger partial charge is 0.260 e. The standard InChI is InChI=1S/C15H16N4O2/c1-3-13-12(10-19(2)18-13)15(21)17-14-8-4-6-11(16-14)7-5-9-20/h4,6,8,10,20H,3,9H2,1-2H3,(H,16,17,21). The van der Waals surface area contributed by atoms with Gasteiger partial charge in [-0.2, -0.15) is 5.10 Å². The van der Waals surface area contributed by atoms with E-state index >= 15 is 0 Å². The summed E-state index contributed by atoms with van der Waals surface area (Å²) in [4.78, 5) is 16.4. The molecule has 0 saturated carbocycles. The monoisotopic (exact) mass is 284 g/mol. The Labute approximate surface area is 122 Å². The van der Waals surface area contributed by atoms with Crippen LogP contribution in [0.1, 0.15) is 28.7 Å². The minimum atomic E-state index is -0.250. The Morgan fingerprint density at radius 2 is 2.29 bits per heavy atom. The molecule has 2 N–H and O–H groups in total. The van der Waals surface area contributed by atoms with Gasteiger partial charge in [0, 0.05) is 13.2 Å². The molecule has 2 aromatic rings. The number of hydrogen-bond acceptors (Lipinski definition) is 4. The predicted molar refractivity (Wildman–Crippen MR) is 78.7 cm³/mol. The van der Waals surface area contributed by atoms with Crippen molar-refractivity contribution in [2.24, 2.45) is 7.05 Å². The van der Waals surface area contributed by atoms with E-state index in [1.165, 1.54) is 0 Å². The van der Waals surface area contributed by atoms with Gasteiger partial charge >= 0.3 is 0 Å². The van der Waals surface area contributed by atoms with Crippen molar-refractivity contribution in [2.75, 3.05) is 11.9 Å². The summed E-state index contributed by atoms with van der Waals surface area (Å²) in [5, 5.41) is 15.6. The first kappa shape index (κ1) is 14.8. The number of aliphatic hydroxyl groups is 1. The van der Waals surface area contributed by atoms with Crippen LogP contribution in [0.25, 0.3) is 0 Å². The summed E-state index contributed by atoms with van der Waals surface area (Å²) in [5.41, 5.74) is 1.77. The number of pyridine rings is 1. The number of aromatic nitrogens is 3. The SMILES string of the molecule is CCc1nn(C)cc1C(=O)Nc1cccc(C#CCO)n1. The second-order valence-electron chi connectivity index (χ2n) is 4.34. The van der Waals surface area contributed by atoms with Gasteiger partial charge in [-0.25, -0.2) is 4.98 Å². The molecule has 0 unspecified atom stereocenters. The van der Waals surface area contributed by atoms with E-state index in [2.05, 4.69) is 27.2 Å². The van der Waals surface area contributed by atoms with Crippen LogP contribution in [-0.2, 0) is 13.5 Å². The molecule has 0 fully saturated rings. The Morgan fingerprint density at radius 1 is 1.48 bits per heavy atom. The molecule has 0 bridgehead atoms. The Hall–Kier alpha value is -2.65. The van der Waals surface area contributed by atoms with Crippen LogP contribution >= 0.6 is 0 Å². The second kappa shape index (κ2) is 6.68. The van der Waals surface area contributed by atoms with E-state index in [4.69, 9.17) is 5.11 Å². The van der Waals surface area contributed by atoms with Crippen LogP contribution < -0.4 is 5.32 Å². The van der Waals surface area contributed by atoms with Crippen molar-refractivity contribution >= 4 is 11.7 Å². The molecule has 0 radical (unpaired) electrons. The van der Waals surface area contributed by atoms with Crippen LogP contribution in [0.2, 0.25) is 0 Å². The lowest BCUT2D eigenvalue weighted by Crippen LogP contribution is -2.14. The lowest BCUT2D eigenvalue weighted by molar-refractivity contribution is 0.102. The van der Waals surface area contributed by atoms with Crippen molar-refractivity contribution in [3.63, 3.8) is 0 Å². The van der Waals surface area contributed by atoms with Crippen LogP contribution in [0.4, 0.5) is 5.82 Å². The quantitative estimate of drug-likeness (QED) is 0.823. The van der Waals surface area contributed by atoms with Crippen LogP contribution in [0.5, 0.6) is 0 Å². The fourth-order valence-electron chi connectivity index (χ4n) is 1.87. The maximum atomic E-state index is 12.3. The summed E-state index contributed by atoms with van der Waals surface area (Å²) in [6.45, 7) is 1.72. The summed E-state index contributed by atoms with van der Waals surface area (Å²) < 4.78 is 1.62. The van der Waals surface area contributed by atoms with Gasteiger partial charge in [0.1, 0.15) is 18.1 Å². The number of carbonyl (C=O) groups is 1. The highest BCUT2D eigenvalue weighted by Crippen LogP contribution is 2.11. The third-order valence-electron chi connectivity index (χ3n) is 2.77. The Balaban J connectivity index is 2.19. The zero-order valence-electron chi connectivity index (χ0n) is 11.9. The van der Waals surface area contributed by atoms with Gasteiger partial charge in [-0.1, -0.05) is 18.9 Å². The molecule has 0 aliphatic heterocycles. The van der Waals surface area contributed by atoms with Crippen molar-refractivity contribution < 1.29 is 9.90 Å². The van der Waals surface area contributed by atoms with Gasteiger partial charge in [0.25, 0.3) is 5.91 Å².